The molecule has 0 radical (unpaired) electrons. The van der Waals surface area contributed by atoms with Gasteiger partial charge >= 0.3 is 0 Å². The second kappa shape index (κ2) is 5.85. The highest BCUT2D eigenvalue weighted by Crippen LogP contribution is 2.11. The fourth-order valence-corrected chi connectivity index (χ4v) is 1.81. The van der Waals surface area contributed by atoms with Crippen LogP contribution < -0.4 is 5.32 Å². The van der Waals surface area contributed by atoms with E-state index in [1.165, 1.54) is 12.1 Å². The van der Waals surface area contributed by atoms with Gasteiger partial charge in [0.25, 0.3) is 5.91 Å². The summed E-state index contributed by atoms with van der Waals surface area (Å²) in [5, 5.41) is 3.31. The number of rotatable bonds is 3. The van der Waals surface area contributed by atoms with E-state index in [2.05, 4.69) is 5.32 Å². The van der Waals surface area contributed by atoms with E-state index in [0.717, 1.165) is 11.1 Å². The van der Waals surface area contributed by atoms with Crippen LogP contribution in [0.1, 0.15) is 21.5 Å². The first kappa shape index (κ1) is 13.6. The van der Waals surface area contributed by atoms with Gasteiger partial charge in [0.15, 0.2) is 0 Å². The molecule has 0 heterocycles. The van der Waals surface area contributed by atoms with Crippen LogP contribution in [0.3, 0.4) is 0 Å². The molecule has 0 fully saturated rings. The van der Waals surface area contributed by atoms with Crippen molar-refractivity contribution in [2.24, 2.45) is 0 Å². The Bertz CT molecular complexity index is 596. The average Bonchev–Trinajstić information content (AvgIpc) is 2.37. The smallest absolute Gasteiger partial charge is 0.254 e. The number of carbonyl (C=O) groups is 1. The van der Waals surface area contributed by atoms with Crippen molar-refractivity contribution in [3.05, 3.63) is 70.0 Å². The van der Waals surface area contributed by atoms with Crippen LogP contribution in [0.25, 0.3) is 0 Å². The predicted molar refractivity (Wildman–Crippen MR) is 73.8 cm³/mol. The van der Waals surface area contributed by atoms with Crippen molar-refractivity contribution in [3.8, 4) is 0 Å². The lowest BCUT2D eigenvalue weighted by Crippen LogP contribution is -2.23. The minimum absolute atomic E-state index is 0.0552. The second-order valence-corrected chi connectivity index (χ2v) is 4.73. The zero-order valence-electron chi connectivity index (χ0n) is 10.4. The Morgan fingerprint density at radius 1 is 1.21 bits per heavy atom. The molecule has 2 aromatic rings. The average molecular weight is 278 g/mol. The van der Waals surface area contributed by atoms with Gasteiger partial charge in [0.1, 0.15) is 5.82 Å². The van der Waals surface area contributed by atoms with Crippen LogP contribution in [0.4, 0.5) is 4.39 Å². The monoisotopic (exact) mass is 277 g/mol. The Hall–Kier alpha value is -1.87. The second-order valence-electron chi connectivity index (χ2n) is 4.29. The van der Waals surface area contributed by atoms with Crippen LogP contribution in [-0.2, 0) is 6.54 Å². The summed E-state index contributed by atoms with van der Waals surface area (Å²) in [4.78, 5) is 11.8. The van der Waals surface area contributed by atoms with Crippen LogP contribution in [0, 0.1) is 12.7 Å². The Balaban J connectivity index is 2.03. The molecule has 0 atom stereocenters. The van der Waals surface area contributed by atoms with Crippen molar-refractivity contribution in [1.29, 1.82) is 0 Å². The molecule has 19 heavy (non-hydrogen) atoms. The molecule has 0 spiro atoms. The highest BCUT2D eigenvalue weighted by Gasteiger charge is 2.10. The fraction of sp³-hybridized carbons (Fsp3) is 0.133. The molecule has 98 valence electrons. The van der Waals surface area contributed by atoms with Crippen LogP contribution >= 0.6 is 11.6 Å². The maximum absolute atomic E-state index is 13.6. The van der Waals surface area contributed by atoms with Gasteiger partial charge in [0, 0.05) is 11.6 Å². The largest absolute Gasteiger partial charge is 0.348 e. The van der Waals surface area contributed by atoms with E-state index in [9.17, 15) is 9.18 Å². The Kier molecular flexibility index (Phi) is 4.17. The molecule has 1 amide bonds. The Labute approximate surface area is 116 Å². The summed E-state index contributed by atoms with van der Waals surface area (Å²) in [5.74, 6) is -0.930. The van der Waals surface area contributed by atoms with Gasteiger partial charge in [-0.15, -0.1) is 0 Å². The zero-order valence-corrected chi connectivity index (χ0v) is 11.2. The lowest BCUT2D eigenvalue weighted by molar-refractivity contribution is 0.0947. The molecular formula is C15H13ClFNO. The molecule has 0 bridgehead atoms. The van der Waals surface area contributed by atoms with Gasteiger partial charge in [-0.2, -0.15) is 0 Å². The molecule has 0 saturated heterocycles. The fourth-order valence-electron chi connectivity index (χ4n) is 1.68. The standard InChI is InChI=1S/C15H13ClFNO/c1-10-2-7-13(14(17)8-10)15(19)18-9-11-3-5-12(16)6-4-11/h2-8H,9H2,1H3,(H,18,19). The van der Waals surface area contributed by atoms with Crippen LogP contribution in [0.15, 0.2) is 42.5 Å². The normalized spacial score (nSPS) is 10.3. The van der Waals surface area contributed by atoms with Crippen molar-refractivity contribution in [2.45, 2.75) is 13.5 Å². The number of amides is 1. The van der Waals surface area contributed by atoms with Gasteiger partial charge in [-0.25, -0.2) is 4.39 Å². The molecule has 0 aliphatic heterocycles. The van der Waals surface area contributed by atoms with Crippen molar-refractivity contribution >= 4 is 17.5 Å². The summed E-state index contributed by atoms with van der Waals surface area (Å²) in [7, 11) is 0. The maximum Gasteiger partial charge on any atom is 0.254 e. The van der Waals surface area contributed by atoms with Crippen LogP contribution in [-0.4, -0.2) is 5.91 Å². The van der Waals surface area contributed by atoms with Crippen molar-refractivity contribution < 1.29 is 9.18 Å². The first-order valence-electron chi connectivity index (χ1n) is 5.85. The first-order valence-corrected chi connectivity index (χ1v) is 6.23. The summed E-state index contributed by atoms with van der Waals surface area (Å²) in [6.07, 6.45) is 0. The third-order valence-electron chi connectivity index (χ3n) is 2.74. The van der Waals surface area contributed by atoms with Crippen molar-refractivity contribution in [3.63, 3.8) is 0 Å². The number of nitrogens with one attached hydrogen (secondary N) is 1. The highest BCUT2D eigenvalue weighted by atomic mass is 35.5. The van der Waals surface area contributed by atoms with E-state index in [1.807, 2.05) is 12.1 Å². The molecule has 2 rings (SSSR count). The molecule has 0 aliphatic carbocycles. The summed E-state index contributed by atoms with van der Waals surface area (Å²) >= 11 is 5.77. The summed E-state index contributed by atoms with van der Waals surface area (Å²) in [6, 6.07) is 11.7. The molecule has 0 saturated carbocycles. The van der Waals surface area contributed by atoms with Crippen molar-refractivity contribution in [2.75, 3.05) is 0 Å². The minimum atomic E-state index is -0.506. The quantitative estimate of drug-likeness (QED) is 0.910. The van der Waals surface area contributed by atoms with E-state index in [4.69, 9.17) is 11.6 Å². The van der Waals surface area contributed by atoms with Crippen molar-refractivity contribution in [1.82, 2.24) is 5.32 Å². The Morgan fingerprint density at radius 3 is 2.53 bits per heavy atom. The van der Waals surface area contributed by atoms with E-state index in [-0.39, 0.29) is 5.56 Å². The summed E-state index contributed by atoms with van der Waals surface area (Å²) in [5.41, 5.74) is 1.75. The van der Waals surface area contributed by atoms with Gasteiger partial charge in [-0.05, 0) is 42.3 Å². The van der Waals surface area contributed by atoms with Crippen LogP contribution in [0.5, 0.6) is 0 Å². The molecule has 0 aromatic heterocycles. The topological polar surface area (TPSA) is 29.1 Å². The third-order valence-corrected chi connectivity index (χ3v) is 2.99. The lowest BCUT2D eigenvalue weighted by Gasteiger charge is -2.07. The number of halogens is 2. The number of aryl methyl sites for hydroxylation is 1. The molecule has 0 aliphatic rings. The van der Waals surface area contributed by atoms with Gasteiger partial charge in [0.05, 0.1) is 5.56 Å². The van der Waals surface area contributed by atoms with E-state index >= 15 is 0 Å². The summed E-state index contributed by atoms with van der Waals surface area (Å²) in [6.45, 7) is 2.11. The minimum Gasteiger partial charge on any atom is -0.348 e. The Morgan fingerprint density at radius 2 is 1.89 bits per heavy atom. The number of hydrogen-bond acceptors (Lipinski definition) is 1. The van der Waals surface area contributed by atoms with E-state index in [1.54, 1.807) is 25.1 Å². The highest BCUT2D eigenvalue weighted by molar-refractivity contribution is 6.30. The molecule has 2 aromatic carbocycles. The van der Waals surface area contributed by atoms with Gasteiger partial charge < -0.3 is 5.32 Å². The molecule has 1 N–H and O–H groups in total. The van der Waals surface area contributed by atoms with E-state index < -0.39 is 11.7 Å². The SMILES string of the molecule is Cc1ccc(C(=O)NCc2ccc(Cl)cc2)c(F)c1. The summed E-state index contributed by atoms with van der Waals surface area (Å²) < 4.78 is 13.6. The molecule has 2 nitrogen and oxygen atoms in total. The molecule has 0 unspecified atom stereocenters. The lowest BCUT2D eigenvalue weighted by atomic mass is 10.1. The van der Waals surface area contributed by atoms with Gasteiger partial charge in [0.2, 0.25) is 0 Å². The number of benzene rings is 2. The third kappa shape index (κ3) is 3.55. The van der Waals surface area contributed by atoms with Gasteiger partial charge in [-0.1, -0.05) is 29.8 Å². The zero-order chi connectivity index (χ0) is 13.8. The molecular weight excluding hydrogens is 265 g/mol. The number of carbonyl (C=O) groups excluding carboxylic acids is 1. The maximum atomic E-state index is 13.6. The number of hydrogen-bond donors (Lipinski definition) is 1. The van der Waals surface area contributed by atoms with Gasteiger partial charge in [-0.3, -0.25) is 4.79 Å². The molecule has 4 heteroatoms. The van der Waals surface area contributed by atoms with E-state index in [0.29, 0.717) is 11.6 Å². The van der Waals surface area contributed by atoms with Crippen LogP contribution in [0.2, 0.25) is 5.02 Å². The predicted octanol–water partition coefficient (Wildman–Crippen LogP) is 3.72. The first-order chi connectivity index (χ1) is 9.06.